The highest BCUT2D eigenvalue weighted by atomic mass is 16.6. The van der Waals surface area contributed by atoms with Gasteiger partial charge in [-0.25, -0.2) is 0 Å². The lowest BCUT2D eigenvalue weighted by molar-refractivity contribution is -0.167. The largest absolute Gasteiger partial charge is 0.462 e. The summed E-state index contributed by atoms with van der Waals surface area (Å²) in [6.07, 6.45) is 94.1. The fraction of sp³-hybridized carbons (Fsp3) is 0.720. The molecule has 0 saturated heterocycles. The summed E-state index contributed by atoms with van der Waals surface area (Å²) < 4.78 is 16.9. The van der Waals surface area contributed by atoms with Gasteiger partial charge in [0, 0.05) is 19.3 Å². The Morgan fingerprint density at radius 2 is 0.481 bits per heavy atom. The van der Waals surface area contributed by atoms with Gasteiger partial charge in [0.05, 0.1) is 0 Å². The molecule has 0 aromatic rings. The molecule has 0 rings (SSSR count). The van der Waals surface area contributed by atoms with Crippen molar-refractivity contribution in [1.82, 2.24) is 0 Å². The highest BCUT2D eigenvalue weighted by molar-refractivity contribution is 5.71. The Morgan fingerprint density at radius 1 is 0.259 bits per heavy atom. The van der Waals surface area contributed by atoms with Crippen LogP contribution in [0.2, 0.25) is 0 Å². The van der Waals surface area contributed by atoms with Gasteiger partial charge in [0.2, 0.25) is 0 Å². The van der Waals surface area contributed by atoms with Gasteiger partial charge in [0.1, 0.15) is 13.2 Å². The number of carbonyl (C=O) groups is 3. The molecule has 0 saturated carbocycles. The van der Waals surface area contributed by atoms with Crippen molar-refractivity contribution >= 4 is 17.9 Å². The van der Waals surface area contributed by atoms with Gasteiger partial charge in [0.15, 0.2) is 6.10 Å². The van der Waals surface area contributed by atoms with Crippen molar-refractivity contribution in [3.8, 4) is 0 Å². The molecule has 464 valence electrons. The zero-order valence-electron chi connectivity index (χ0n) is 53.3. The van der Waals surface area contributed by atoms with Gasteiger partial charge >= 0.3 is 17.9 Å². The quantitative estimate of drug-likeness (QED) is 0.0261. The van der Waals surface area contributed by atoms with E-state index in [0.717, 1.165) is 122 Å². The van der Waals surface area contributed by atoms with Crippen LogP contribution < -0.4 is 0 Å². The topological polar surface area (TPSA) is 78.9 Å². The number of allylic oxidation sites excluding steroid dienone is 18. The summed E-state index contributed by atoms with van der Waals surface area (Å²) in [6, 6.07) is 0. The van der Waals surface area contributed by atoms with E-state index in [-0.39, 0.29) is 31.1 Å². The van der Waals surface area contributed by atoms with Crippen LogP contribution in [0.3, 0.4) is 0 Å². The first-order valence-electron chi connectivity index (χ1n) is 34.4. The summed E-state index contributed by atoms with van der Waals surface area (Å²) in [6.45, 7) is 6.43. The summed E-state index contributed by atoms with van der Waals surface area (Å²) in [4.78, 5) is 38.3. The second-order valence-corrected chi connectivity index (χ2v) is 22.7. The van der Waals surface area contributed by atoms with Crippen molar-refractivity contribution in [2.24, 2.45) is 0 Å². The molecule has 1 unspecified atom stereocenters. The highest BCUT2D eigenvalue weighted by Gasteiger charge is 2.19. The molecule has 0 aromatic heterocycles. The van der Waals surface area contributed by atoms with E-state index in [1.807, 2.05) is 0 Å². The van der Waals surface area contributed by atoms with Crippen molar-refractivity contribution in [3.63, 3.8) is 0 Å². The van der Waals surface area contributed by atoms with Crippen LogP contribution in [0, 0.1) is 0 Å². The van der Waals surface area contributed by atoms with Crippen molar-refractivity contribution in [2.75, 3.05) is 13.2 Å². The Morgan fingerprint density at radius 3 is 0.753 bits per heavy atom. The first-order valence-corrected chi connectivity index (χ1v) is 34.4. The standard InChI is InChI=1S/C75H128O6/c1-4-7-10-13-16-19-22-24-26-28-29-30-31-32-33-34-35-36-37-38-39-40-41-42-43-44-45-47-48-50-53-56-59-62-65-68-74(77)80-71-72(70-79-73(76)67-64-61-58-55-52-21-18-15-12-9-6-3)81-75(78)69-66-63-60-57-54-51-49-46-27-25-23-20-17-14-11-8-5-2/h7-8,10-11,16-17,19-20,24-27,29-30,32-33,35-36,72H,4-6,9,12-15,18,21-23,28,31,34,37-71H2,1-3H3/b10-7-,11-8-,19-16-,20-17-,26-24-,27-25-,30-29-,33-32-,36-35-. The van der Waals surface area contributed by atoms with E-state index in [4.69, 9.17) is 14.2 Å². The van der Waals surface area contributed by atoms with E-state index in [2.05, 4.69) is 130 Å². The van der Waals surface area contributed by atoms with Crippen molar-refractivity contribution < 1.29 is 28.6 Å². The maximum absolute atomic E-state index is 12.9. The second-order valence-electron chi connectivity index (χ2n) is 22.7. The number of esters is 3. The normalized spacial score (nSPS) is 12.8. The molecule has 0 aromatic carbocycles. The summed E-state index contributed by atoms with van der Waals surface area (Å²) >= 11 is 0. The van der Waals surface area contributed by atoms with E-state index in [9.17, 15) is 14.4 Å². The Bertz CT molecular complexity index is 1620. The summed E-state index contributed by atoms with van der Waals surface area (Å²) in [5.41, 5.74) is 0. The lowest BCUT2D eigenvalue weighted by Gasteiger charge is -2.18. The Kier molecular flexibility index (Phi) is 65.2. The molecule has 6 nitrogen and oxygen atoms in total. The summed E-state index contributed by atoms with van der Waals surface area (Å²) in [7, 11) is 0. The van der Waals surface area contributed by atoms with Gasteiger partial charge in [-0.3, -0.25) is 14.4 Å². The lowest BCUT2D eigenvalue weighted by Crippen LogP contribution is -2.30. The molecule has 0 spiro atoms. The minimum Gasteiger partial charge on any atom is -0.462 e. The molecule has 0 N–H and O–H groups in total. The third-order valence-corrected chi connectivity index (χ3v) is 14.8. The van der Waals surface area contributed by atoms with Gasteiger partial charge in [-0.15, -0.1) is 0 Å². The van der Waals surface area contributed by atoms with E-state index in [1.165, 1.54) is 167 Å². The molecule has 0 radical (unpaired) electrons. The van der Waals surface area contributed by atoms with Crippen molar-refractivity contribution in [1.29, 1.82) is 0 Å². The van der Waals surface area contributed by atoms with Crippen LogP contribution in [0.25, 0.3) is 0 Å². The molecule has 81 heavy (non-hydrogen) atoms. The molecule has 0 heterocycles. The van der Waals surface area contributed by atoms with Crippen molar-refractivity contribution in [3.05, 3.63) is 109 Å². The predicted molar refractivity (Wildman–Crippen MR) is 353 cm³/mol. The molecular weight excluding hydrogens is 997 g/mol. The molecule has 0 aliphatic heterocycles. The SMILES string of the molecule is CC/C=C\C/C=C\C/C=C\C/C=C\C/C=C\C/C=C\CCCCCCCCCCCCCCCCCCC(=O)OCC(COC(=O)CCCCCCCCCCCCC)OC(=O)CCCCCCCCC/C=C\C/C=C\C/C=C\CC. The van der Waals surface area contributed by atoms with Gasteiger partial charge in [-0.2, -0.15) is 0 Å². The molecule has 0 fully saturated rings. The summed E-state index contributed by atoms with van der Waals surface area (Å²) in [5.74, 6) is -0.876. The van der Waals surface area contributed by atoms with Crippen LogP contribution in [0.15, 0.2) is 109 Å². The van der Waals surface area contributed by atoms with Gasteiger partial charge < -0.3 is 14.2 Å². The average Bonchev–Trinajstić information content (AvgIpc) is 3.47. The number of carbonyl (C=O) groups excluding carboxylic acids is 3. The van der Waals surface area contributed by atoms with Crippen LogP contribution in [0.4, 0.5) is 0 Å². The van der Waals surface area contributed by atoms with E-state index < -0.39 is 6.10 Å². The predicted octanol–water partition coefficient (Wildman–Crippen LogP) is 23.8. The minimum absolute atomic E-state index is 0.0776. The Labute approximate surface area is 501 Å². The van der Waals surface area contributed by atoms with E-state index in [1.54, 1.807) is 0 Å². The first kappa shape index (κ1) is 77.1. The van der Waals surface area contributed by atoms with Crippen LogP contribution in [0.5, 0.6) is 0 Å². The molecule has 6 heteroatoms. The Hall–Kier alpha value is -3.93. The molecular formula is C75H128O6. The molecule has 0 amide bonds. The first-order chi connectivity index (χ1) is 40.0. The average molecular weight is 1130 g/mol. The molecule has 0 aliphatic rings. The van der Waals surface area contributed by atoms with Gasteiger partial charge in [0.25, 0.3) is 0 Å². The van der Waals surface area contributed by atoms with E-state index in [0.29, 0.717) is 19.3 Å². The van der Waals surface area contributed by atoms with E-state index >= 15 is 0 Å². The monoisotopic (exact) mass is 1120 g/mol. The summed E-state index contributed by atoms with van der Waals surface area (Å²) in [5, 5.41) is 0. The third-order valence-electron chi connectivity index (χ3n) is 14.8. The maximum atomic E-state index is 12.9. The van der Waals surface area contributed by atoms with Crippen LogP contribution in [-0.4, -0.2) is 37.2 Å². The van der Waals surface area contributed by atoms with Gasteiger partial charge in [-0.1, -0.05) is 316 Å². The fourth-order valence-corrected chi connectivity index (χ4v) is 9.70. The van der Waals surface area contributed by atoms with Gasteiger partial charge in [-0.05, 0) is 103 Å². The minimum atomic E-state index is -0.781. The Balaban J connectivity index is 4.13. The third kappa shape index (κ3) is 66.8. The molecule has 0 aliphatic carbocycles. The maximum Gasteiger partial charge on any atom is 0.306 e. The van der Waals surface area contributed by atoms with Crippen LogP contribution >= 0.6 is 0 Å². The zero-order valence-corrected chi connectivity index (χ0v) is 53.3. The number of rotatable bonds is 62. The van der Waals surface area contributed by atoms with Crippen LogP contribution in [-0.2, 0) is 28.6 Å². The smallest absolute Gasteiger partial charge is 0.306 e. The molecule has 1 atom stereocenters. The highest BCUT2D eigenvalue weighted by Crippen LogP contribution is 2.17. The van der Waals surface area contributed by atoms with Crippen molar-refractivity contribution in [2.45, 2.75) is 335 Å². The number of unbranched alkanes of at least 4 members (excludes halogenated alkanes) is 33. The molecule has 0 bridgehead atoms. The number of ether oxygens (including phenoxy) is 3. The zero-order chi connectivity index (χ0) is 58.5. The fourth-order valence-electron chi connectivity index (χ4n) is 9.70. The number of hydrogen-bond donors (Lipinski definition) is 0. The van der Waals surface area contributed by atoms with Crippen LogP contribution in [0.1, 0.15) is 329 Å². The number of hydrogen-bond acceptors (Lipinski definition) is 6. The second kappa shape index (κ2) is 68.6. The lowest BCUT2D eigenvalue weighted by atomic mass is 10.0.